The van der Waals surface area contributed by atoms with E-state index in [4.69, 9.17) is 9.47 Å². The van der Waals surface area contributed by atoms with Crippen molar-refractivity contribution in [3.63, 3.8) is 0 Å². The number of para-hydroxylation sites is 2. The molecule has 0 spiro atoms. The summed E-state index contributed by atoms with van der Waals surface area (Å²) in [7, 11) is 0. The summed E-state index contributed by atoms with van der Waals surface area (Å²) >= 11 is 3.72. The Morgan fingerprint density at radius 1 is 0.465 bits per heavy atom. The Labute approximate surface area is 512 Å². The molecule has 14 nitrogen and oxygen atoms in total. The summed E-state index contributed by atoms with van der Waals surface area (Å²) in [5, 5.41) is 17.1. The number of pyridine rings is 2. The average molecular weight is 1190 g/mol. The second-order valence-corrected chi connectivity index (χ2v) is 25.4. The summed E-state index contributed by atoms with van der Waals surface area (Å²) in [6, 6.07) is 41.6. The van der Waals surface area contributed by atoms with Crippen LogP contribution in [-0.4, -0.2) is 75.1 Å². The van der Waals surface area contributed by atoms with Gasteiger partial charge in [0, 0.05) is 145 Å². The summed E-state index contributed by atoms with van der Waals surface area (Å²) in [5.74, 6) is 1.67. The summed E-state index contributed by atoms with van der Waals surface area (Å²) < 4.78 is 18.1. The number of unbranched alkanes of at least 4 members (excludes halogenated alkanes) is 8. The molecule has 7 aromatic rings. The molecule has 6 aliphatic heterocycles. The Morgan fingerprint density at radius 3 is 1.37 bits per heavy atom. The molecular weight excluding hydrogens is 1110 g/mol. The lowest BCUT2D eigenvalue weighted by Crippen LogP contribution is -2.38. The number of carbonyl (C=O) groups is 4. The van der Waals surface area contributed by atoms with Crippen molar-refractivity contribution in [1.82, 2.24) is 21.3 Å². The Hall–Kier alpha value is -7.82. The SMILES string of the molecule is O=C(CCCCC[n+]1ccc2c3c(cccc31)OC1CCN3C(=C21)Sc1ccccc13)NCCCCCNC(=O)c1cccc(C(=O)NCCCCCNC(=O)CCCCC[n+]2ccc3c4c(cccc42)OC2CCN4C(=C32)Sc2ccccc24)c1. The molecule has 0 bridgehead atoms. The van der Waals surface area contributed by atoms with Crippen molar-refractivity contribution >= 4 is 91.5 Å². The third-order valence-corrected chi connectivity index (χ3v) is 20.0. The van der Waals surface area contributed by atoms with Gasteiger partial charge >= 0.3 is 0 Å². The number of carbonyl (C=O) groups excluding carboxylic acids is 4. The van der Waals surface area contributed by atoms with Gasteiger partial charge in [0.15, 0.2) is 12.4 Å². The molecule has 6 aliphatic rings. The van der Waals surface area contributed by atoms with Crippen LogP contribution in [0.5, 0.6) is 11.5 Å². The molecule has 2 atom stereocenters. The Balaban J connectivity index is 0.455. The standard InChI is InChI=1S/C70H74N8O6S2/c79-61(30-5-1-15-40-75-42-32-49-63-53(75)24-18-26-55(63)83-57-34-44-77-51-22-7-9-28-59(51)85-69(77)65(49)57)71-36-11-3-13-38-73-67(81)47-20-17-21-48(46-47)68(82)74-39-14-4-12-37-72-62(80)31-6-2-16-41-76-43-33-50-64-54(76)25-19-27-56(64)84-58-35-45-78-52-23-8-10-29-60(52)86-70(78)66(50)58/h7-10,17-29,32-33,42-43,46,57-58H,1-6,11-16,30-31,34-41,44-45H2,(H2-2,71,72,73,74,79,80,81,82)/p+2. The van der Waals surface area contributed by atoms with Crippen LogP contribution in [0.25, 0.3) is 33.0 Å². The van der Waals surface area contributed by atoms with Crippen molar-refractivity contribution in [2.75, 3.05) is 49.1 Å². The number of amides is 4. The van der Waals surface area contributed by atoms with Gasteiger partial charge in [0.05, 0.1) is 32.2 Å². The summed E-state index contributed by atoms with van der Waals surface area (Å²) in [4.78, 5) is 58.9. The van der Waals surface area contributed by atoms with Crippen LogP contribution in [0.2, 0.25) is 0 Å². The molecule has 5 aromatic carbocycles. The number of fused-ring (bicyclic) bond motifs is 10. The topological polar surface area (TPSA) is 149 Å². The first kappa shape index (κ1) is 57.3. The predicted octanol–water partition coefficient (Wildman–Crippen LogP) is 12.0. The van der Waals surface area contributed by atoms with E-state index >= 15 is 0 Å². The molecule has 442 valence electrons. The Morgan fingerprint density at radius 2 is 0.895 bits per heavy atom. The van der Waals surface area contributed by atoms with E-state index in [1.54, 1.807) is 24.3 Å². The molecule has 2 unspecified atom stereocenters. The zero-order valence-corrected chi connectivity index (χ0v) is 50.5. The number of hydrogen-bond donors (Lipinski definition) is 4. The van der Waals surface area contributed by atoms with Gasteiger partial charge in [0.2, 0.25) is 22.8 Å². The molecule has 0 saturated heterocycles. The van der Waals surface area contributed by atoms with Crippen LogP contribution in [0.1, 0.15) is 135 Å². The normalized spacial score (nSPS) is 16.6. The molecule has 8 heterocycles. The maximum absolute atomic E-state index is 13.0. The minimum atomic E-state index is -0.213. The van der Waals surface area contributed by atoms with Crippen LogP contribution in [0.3, 0.4) is 0 Å². The van der Waals surface area contributed by atoms with Crippen LogP contribution >= 0.6 is 23.5 Å². The molecule has 4 N–H and O–H groups in total. The average Bonchev–Trinajstić information content (AvgIpc) is 1.33. The van der Waals surface area contributed by atoms with Gasteiger partial charge in [0.1, 0.15) is 36.8 Å². The van der Waals surface area contributed by atoms with E-state index in [0.717, 1.165) is 128 Å². The van der Waals surface area contributed by atoms with E-state index in [9.17, 15) is 19.2 Å². The highest BCUT2D eigenvalue weighted by molar-refractivity contribution is 8.04. The molecule has 4 amide bonds. The molecule has 16 heteroatoms. The number of rotatable bonds is 26. The summed E-state index contributed by atoms with van der Waals surface area (Å²) in [6.07, 6.45) is 18.1. The Kier molecular flexibility index (Phi) is 17.6. The van der Waals surface area contributed by atoms with Gasteiger partial charge in [-0.15, -0.1) is 0 Å². The van der Waals surface area contributed by atoms with Crippen molar-refractivity contribution in [3.05, 3.63) is 166 Å². The highest BCUT2D eigenvalue weighted by atomic mass is 32.2. The zero-order chi connectivity index (χ0) is 58.3. The van der Waals surface area contributed by atoms with Crippen molar-refractivity contribution in [1.29, 1.82) is 0 Å². The third kappa shape index (κ3) is 12.2. The van der Waals surface area contributed by atoms with Gasteiger partial charge in [-0.05, 0) is 119 Å². The molecule has 2 aromatic heterocycles. The fraction of sp³-hybridized carbons (Fsp3) is 0.371. The number of hydrogen-bond acceptors (Lipinski definition) is 10. The number of benzene rings is 5. The van der Waals surface area contributed by atoms with Gasteiger partial charge in [0.25, 0.3) is 11.8 Å². The predicted molar refractivity (Wildman–Crippen MR) is 341 cm³/mol. The molecule has 0 aliphatic carbocycles. The molecule has 13 rings (SSSR count). The lowest BCUT2D eigenvalue weighted by atomic mass is 9.90. The number of anilines is 2. The molecule has 0 saturated carbocycles. The second kappa shape index (κ2) is 26.4. The minimum Gasteiger partial charge on any atom is -0.485 e. The fourth-order valence-electron chi connectivity index (χ4n) is 13.2. The molecular formula is C70H76N8O6S2+2. The van der Waals surface area contributed by atoms with E-state index in [-0.39, 0.29) is 35.8 Å². The summed E-state index contributed by atoms with van der Waals surface area (Å²) in [5.41, 5.74) is 11.0. The summed E-state index contributed by atoms with van der Waals surface area (Å²) in [6.45, 7) is 5.91. The fourth-order valence-corrected chi connectivity index (χ4v) is 15.8. The van der Waals surface area contributed by atoms with Gasteiger partial charge in [-0.3, -0.25) is 19.2 Å². The first-order chi connectivity index (χ1) is 42.3. The molecule has 0 fully saturated rings. The lowest BCUT2D eigenvalue weighted by molar-refractivity contribution is -0.672. The van der Waals surface area contributed by atoms with E-state index in [0.29, 0.717) is 50.1 Å². The Bertz CT molecular complexity index is 3570. The lowest BCUT2D eigenvalue weighted by Gasteiger charge is -2.37. The van der Waals surface area contributed by atoms with Crippen LogP contribution in [0.4, 0.5) is 11.4 Å². The largest absolute Gasteiger partial charge is 0.485 e. The molecule has 86 heavy (non-hydrogen) atoms. The van der Waals surface area contributed by atoms with Crippen molar-refractivity contribution in [3.8, 4) is 11.5 Å². The van der Waals surface area contributed by atoms with Gasteiger partial charge < -0.3 is 40.5 Å². The zero-order valence-electron chi connectivity index (χ0n) is 48.9. The first-order valence-electron chi connectivity index (χ1n) is 31.4. The van der Waals surface area contributed by atoms with Crippen molar-refractivity contribution in [2.45, 2.75) is 138 Å². The third-order valence-electron chi connectivity index (χ3n) is 17.6. The van der Waals surface area contributed by atoms with Crippen molar-refractivity contribution < 1.29 is 37.8 Å². The first-order valence-corrected chi connectivity index (χ1v) is 33.0. The van der Waals surface area contributed by atoms with E-state index in [1.807, 2.05) is 23.5 Å². The van der Waals surface area contributed by atoms with Crippen LogP contribution in [0, 0.1) is 0 Å². The maximum atomic E-state index is 13.0. The maximum Gasteiger partial charge on any atom is 0.251 e. The number of nitrogens with one attached hydrogen (secondary N) is 4. The number of ether oxygens (including phenoxy) is 2. The van der Waals surface area contributed by atoms with Gasteiger partial charge in [-0.25, -0.2) is 0 Å². The smallest absolute Gasteiger partial charge is 0.251 e. The van der Waals surface area contributed by atoms with Crippen LogP contribution < -0.4 is 49.7 Å². The molecule has 0 radical (unpaired) electrons. The van der Waals surface area contributed by atoms with E-state index in [1.165, 1.54) is 75.3 Å². The highest BCUT2D eigenvalue weighted by Gasteiger charge is 2.42. The van der Waals surface area contributed by atoms with Gasteiger partial charge in [-0.1, -0.05) is 66.0 Å². The number of aromatic nitrogens is 2. The minimum absolute atomic E-state index is 0.0574. The van der Waals surface area contributed by atoms with Crippen LogP contribution in [-0.2, 0) is 22.7 Å². The highest BCUT2D eigenvalue weighted by Crippen LogP contribution is 2.56. The number of aryl methyl sites for hydroxylation is 2. The second-order valence-electron chi connectivity index (χ2n) is 23.4. The van der Waals surface area contributed by atoms with Crippen molar-refractivity contribution in [2.24, 2.45) is 0 Å². The van der Waals surface area contributed by atoms with Crippen LogP contribution in [0.15, 0.2) is 154 Å². The van der Waals surface area contributed by atoms with Gasteiger partial charge in [-0.2, -0.15) is 9.13 Å². The van der Waals surface area contributed by atoms with E-state index in [2.05, 4.69) is 150 Å². The van der Waals surface area contributed by atoms with E-state index < -0.39 is 0 Å². The quantitative estimate of drug-likeness (QED) is 0.0305. The monoisotopic (exact) mass is 1190 g/mol. The number of thioether (sulfide) groups is 2. The number of nitrogens with zero attached hydrogens (tertiary/aromatic N) is 4.